The van der Waals surface area contributed by atoms with Crippen LogP contribution in [0, 0.1) is 0 Å². The molecule has 0 atom stereocenters. The molecule has 2 heterocycles. The maximum atomic E-state index is 4.05. The van der Waals surface area contributed by atoms with Crippen molar-refractivity contribution in [1.82, 2.24) is 9.97 Å². The van der Waals surface area contributed by atoms with E-state index in [-0.39, 0.29) is 0 Å². The number of H-pyrrole nitrogens is 1. The average molecular weight is 218 g/mol. The number of rotatable bonds is 2. The van der Waals surface area contributed by atoms with Crippen molar-refractivity contribution < 1.29 is 0 Å². The third-order valence-corrected chi connectivity index (χ3v) is 4.20. The zero-order valence-electron chi connectivity index (χ0n) is 8.62. The molecule has 2 nitrogen and oxygen atoms in total. The summed E-state index contributed by atoms with van der Waals surface area (Å²) in [4.78, 5) is 10.3. The minimum absolute atomic E-state index is 1.01. The molecule has 0 aromatic carbocycles. The standard InChI is InChI=1S/C12H14N2S/c1-2-4-12-9(3-1)5-11(15-12)6-10-7-13-8-14-10/h5,7-8H,1-4,6H2,(H,13,14). The number of aromatic amines is 1. The van der Waals surface area contributed by atoms with Gasteiger partial charge in [-0.25, -0.2) is 4.98 Å². The number of imidazole rings is 1. The van der Waals surface area contributed by atoms with Crippen LogP contribution in [-0.4, -0.2) is 9.97 Å². The summed E-state index contributed by atoms with van der Waals surface area (Å²) in [5, 5.41) is 0. The van der Waals surface area contributed by atoms with E-state index in [1.165, 1.54) is 36.3 Å². The Kier molecular flexibility index (Phi) is 2.33. The summed E-state index contributed by atoms with van der Waals surface area (Å²) in [5.74, 6) is 0. The molecular formula is C12H14N2S. The molecule has 0 radical (unpaired) electrons. The number of fused-ring (bicyclic) bond motifs is 1. The van der Waals surface area contributed by atoms with Gasteiger partial charge in [0.05, 0.1) is 6.33 Å². The van der Waals surface area contributed by atoms with E-state index in [2.05, 4.69) is 16.0 Å². The van der Waals surface area contributed by atoms with Crippen LogP contribution in [-0.2, 0) is 19.3 Å². The van der Waals surface area contributed by atoms with Crippen LogP contribution < -0.4 is 0 Å². The van der Waals surface area contributed by atoms with E-state index in [9.17, 15) is 0 Å². The van der Waals surface area contributed by atoms with Crippen LogP contribution in [0.25, 0.3) is 0 Å². The summed E-state index contributed by atoms with van der Waals surface area (Å²) in [6.45, 7) is 0. The van der Waals surface area contributed by atoms with Crippen molar-refractivity contribution in [2.45, 2.75) is 32.1 Å². The van der Waals surface area contributed by atoms with E-state index in [4.69, 9.17) is 0 Å². The van der Waals surface area contributed by atoms with Crippen LogP contribution in [0.5, 0.6) is 0 Å². The number of nitrogens with zero attached hydrogens (tertiary/aromatic N) is 1. The van der Waals surface area contributed by atoms with Gasteiger partial charge in [0.25, 0.3) is 0 Å². The van der Waals surface area contributed by atoms with E-state index in [1.54, 1.807) is 16.8 Å². The van der Waals surface area contributed by atoms with Crippen molar-refractivity contribution in [3.8, 4) is 0 Å². The fourth-order valence-corrected chi connectivity index (χ4v) is 3.49. The number of hydrogen-bond donors (Lipinski definition) is 1. The Balaban J connectivity index is 1.84. The van der Waals surface area contributed by atoms with Crippen LogP contribution in [0.15, 0.2) is 18.6 Å². The number of aromatic nitrogens is 2. The first-order chi connectivity index (χ1) is 7.42. The molecule has 1 aliphatic carbocycles. The van der Waals surface area contributed by atoms with Crippen molar-refractivity contribution in [3.63, 3.8) is 0 Å². The molecule has 0 bridgehead atoms. The van der Waals surface area contributed by atoms with Crippen LogP contribution >= 0.6 is 11.3 Å². The Morgan fingerprint density at radius 3 is 3.07 bits per heavy atom. The molecule has 2 aromatic heterocycles. The molecule has 0 saturated carbocycles. The third-order valence-electron chi connectivity index (χ3n) is 2.97. The quantitative estimate of drug-likeness (QED) is 0.825. The average Bonchev–Trinajstić information content (AvgIpc) is 2.86. The van der Waals surface area contributed by atoms with Gasteiger partial charge in [-0.3, -0.25) is 0 Å². The van der Waals surface area contributed by atoms with Gasteiger partial charge in [0.15, 0.2) is 0 Å². The number of nitrogens with one attached hydrogen (secondary N) is 1. The first kappa shape index (κ1) is 9.16. The Bertz CT molecular complexity index is 419. The predicted molar refractivity (Wildman–Crippen MR) is 62.4 cm³/mol. The first-order valence-corrected chi connectivity index (χ1v) is 6.31. The second-order valence-corrected chi connectivity index (χ2v) is 5.34. The maximum absolute atomic E-state index is 4.05. The normalized spacial score (nSPS) is 15.2. The number of thiophene rings is 1. The zero-order chi connectivity index (χ0) is 10.1. The van der Waals surface area contributed by atoms with Crippen LogP contribution in [0.3, 0.4) is 0 Å². The Labute approximate surface area is 93.4 Å². The van der Waals surface area contributed by atoms with Gasteiger partial charge in [0.1, 0.15) is 0 Å². The summed E-state index contributed by atoms with van der Waals surface area (Å²) in [5.41, 5.74) is 2.81. The van der Waals surface area contributed by atoms with Crippen LogP contribution in [0.1, 0.15) is 33.9 Å². The second kappa shape index (κ2) is 3.81. The largest absolute Gasteiger partial charge is 0.348 e. The Hall–Kier alpha value is -1.09. The van der Waals surface area contributed by atoms with Gasteiger partial charge >= 0.3 is 0 Å². The lowest BCUT2D eigenvalue weighted by Gasteiger charge is -2.08. The van der Waals surface area contributed by atoms with Gasteiger partial charge in [-0.15, -0.1) is 11.3 Å². The molecular weight excluding hydrogens is 204 g/mol. The van der Waals surface area contributed by atoms with Gasteiger partial charge in [0, 0.05) is 28.1 Å². The maximum Gasteiger partial charge on any atom is 0.0921 e. The summed E-state index contributed by atoms with van der Waals surface area (Å²) >= 11 is 1.99. The smallest absolute Gasteiger partial charge is 0.0921 e. The molecule has 1 N–H and O–H groups in total. The van der Waals surface area contributed by atoms with Gasteiger partial charge in [-0.1, -0.05) is 0 Å². The van der Waals surface area contributed by atoms with E-state index in [0.717, 1.165) is 6.42 Å². The number of hydrogen-bond acceptors (Lipinski definition) is 2. The Morgan fingerprint density at radius 1 is 1.33 bits per heavy atom. The monoisotopic (exact) mass is 218 g/mol. The van der Waals surface area contributed by atoms with Gasteiger partial charge < -0.3 is 4.98 Å². The summed E-state index contributed by atoms with van der Waals surface area (Å²) < 4.78 is 0. The highest BCUT2D eigenvalue weighted by atomic mass is 32.1. The molecule has 3 rings (SSSR count). The van der Waals surface area contributed by atoms with Crippen molar-refractivity contribution in [3.05, 3.63) is 39.6 Å². The van der Waals surface area contributed by atoms with Crippen molar-refractivity contribution in [1.29, 1.82) is 0 Å². The highest BCUT2D eigenvalue weighted by Gasteiger charge is 2.13. The molecule has 1 aliphatic rings. The minimum atomic E-state index is 1.01. The SMILES string of the molecule is c1ncc(Cc2cc3c(s2)CCCC3)[nH]1. The molecule has 0 amide bonds. The third kappa shape index (κ3) is 1.84. The molecule has 78 valence electrons. The molecule has 15 heavy (non-hydrogen) atoms. The van der Waals surface area contributed by atoms with Gasteiger partial charge in [-0.2, -0.15) is 0 Å². The predicted octanol–water partition coefficient (Wildman–Crippen LogP) is 2.94. The van der Waals surface area contributed by atoms with Crippen LogP contribution in [0.2, 0.25) is 0 Å². The van der Waals surface area contributed by atoms with Crippen molar-refractivity contribution >= 4 is 11.3 Å². The summed E-state index contributed by atoms with van der Waals surface area (Å²) in [7, 11) is 0. The summed E-state index contributed by atoms with van der Waals surface area (Å²) in [6.07, 6.45) is 10.0. The van der Waals surface area contributed by atoms with E-state index in [0.29, 0.717) is 0 Å². The fraction of sp³-hybridized carbons (Fsp3) is 0.417. The molecule has 0 unspecified atom stereocenters. The first-order valence-electron chi connectivity index (χ1n) is 5.49. The highest BCUT2D eigenvalue weighted by molar-refractivity contribution is 7.12. The van der Waals surface area contributed by atoms with Gasteiger partial charge in [0.2, 0.25) is 0 Å². The molecule has 0 saturated heterocycles. The van der Waals surface area contributed by atoms with E-state index in [1.807, 2.05) is 17.5 Å². The highest BCUT2D eigenvalue weighted by Crippen LogP contribution is 2.30. The molecule has 0 aliphatic heterocycles. The molecule has 3 heteroatoms. The molecule has 2 aromatic rings. The lowest BCUT2D eigenvalue weighted by molar-refractivity contribution is 0.697. The van der Waals surface area contributed by atoms with Crippen LogP contribution in [0.4, 0.5) is 0 Å². The second-order valence-electron chi connectivity index (χ2n) is 4.12. The van der Waals surface area contributed by atoms with Crippen molar-refractivity contribution in [2.24, 2.45) is 0 Å². The number of aryl methyl sites for hydroxylation is 2. The lowest BCUT2D eigenvalue weighted by atomic mass is 9.99. The van der Waals surface area contributed by atoms with Gasteiger partial charge in [-0.05, 0) is 37.3 Å². The van der Waals surface area contributed by atoms with E-state index < -0.39 is 0 Å². The topological polar surface area (TPSA) is 28.7 Å². The van der Waals surface area contributed by atoms with E-state index >= 15 is 0 Å². The lowest BCUT2D eigenvalue weighted by Crippen LogP contribution is -1.96. The molecule has 0 spiro atoms. The molecule has 0 fully saturated rings. The zero-order valence-corrected chi connectivity index (χ0v) is 9.44. The Morgan fingerprint density at radius 2 is 2.27 bits per heavy atom. The fourth-order valence-electron chi connectivity index (χ4n) is 2.21. The summed E-state index contributed by atoms with van der Waals surface area (Å²) in [6, 6.07) is 2.39. The minimum Gasteiger partial charge on any atom is -0.348 e. The van der Waals surface area contributed by atoms with Crippen molar-refractivity contribution in [2.75, 3.05) is 0 Å².